The average molecular weight is 404 g/mol. The van der Waals surface area contributed by atoms with Crippen molar-refractivity contribution >= 4 is 23.2 Å². The Morgan fingerprint density at radius 2 is 1.96 bits per heavy atom. The predicted molar refractivity (Wildman–Crippen MR) is 112 cm³/mol. The first-order chi connectivity index (χ1) is 13.4. The minimum Gasteiger partial charge on any atom is -0.425 e. The van der Waals surface area contributed by atoms with E-state index in [1.807, 2.05) is 43.5 Å². The van der Waals surface area contributed by atoms with Crippen LogP contribution in [0.15, 0.2) is 35.7 Å². The summed E-state index contributed by atoms with van der Waals surface area (Å²) in [6.45, 7) is 4.48. The highest BCUT2D eigenvalue weighted by Gasteiger charge is 2.25. The summed E-state index contributed by atoms with van der Waals surface area (Å²) in [7, 11) is 0. The van der Waals surface area contributed by atoms with Gasteiger partial charge in [-0.1, -0.05) is 12.1 Å². The maximum Gasteiger partial charge on any atom is 0.334 e. The van der Waals surface area contributed by atoms with Gasteiger partial charge in [-0.15, -0.1) is 11.3 Å². The third-order valence-electron chi connectivity index (χ3n) is 4.58. The third kappa shape index (κ3) is 6.74. The van der Waals surface area contributed by atoms with E-state index in [0.29, 0.717) is 31.6 Å². The Labute approximate surface area is 170 Å². The number of hydrogen-bond donors (Lipinski definition) is 3. The summed E-state index contributed by atoms with van der Waals surface area (Å²) in [6.07, 6.45) is 2.37. The second-order valence-corrected chi connectivity index (χ2v) is 7.94. The van der Waals surface area contributed by atoms with Gasteiger partial charge in [-0.25, -0.2) is 4.79 Å². The molecule has 0 bridgehead atoms. The Morgan fingerprint density at radius 3 is 2.61 bits per heavy atom. The van der Waals surface area contributed by atoms with E-state index in [4.69, 9.17) is 16.2 Å². The molecule has 0 radical (unpaired) electrons. The summed E-state index contributed by atoms with van der Waals surface area (Å²) in [5, 5.41) is 4.70. The van der Waals surface area contributed by atoms with Crippen molar-refractivity contribution in [2.24, 2.45) is 11.5 Å². The van der Waals surface area contributed by atoms with Gasteiger partial charge >= 0.3 is 5.97 Å². The Bertz CT molecular complexity index is 777. The fraction of sp³-hybridized carbons (Fsp3) is 0.429. The predicted octanol–water partition coefficient (Wildman–Crippen LogP) is 2.45. The summed E-state index contributed by atoms with van der Waals surface area (Å²) in [5.74, 6) is -0.380. The molecule has 2 atom stereocenters. The lowest BCUT2D eigenvalue weighted by Gasteiger charge is -2.20. The molecule has 0 fully saturated rings. The van der Waals surface area contributed by atoms with Gasteiger partial charge in [-0.2, -0.15) is 0 Å². The lowest BCUT2D eigenvalue weighted by Crippen LogP contribution is -2.50. The summed E-state index contributed by atoms with van der Waals surface area (Å²) in [4.78, 5) is 26.2. The highest BCUT2D eigenvalue weighted by Crippen LogP contribution is 2.18. The number of carbonyl (C=O) groups excluding carboxylic acids is 2. The standard InChI is InChI=1S/C21H29N3O3S/c1-14-8-9-16(12-15(14)2)27-21(26)19(7-3-4-10-22)24-20(25)18(23)13-17-6-5-11-28-17/h5-6,8-9,11-12,18-19H,3-4,7,10,13,22-23H2,1-2H3,(H,24,25)/t18-,19-/m0/s1. The van der Waals surface area contributed by atoms with E-state index in [0.717, 1.165) is 22.4 Å². The fourth-order valence-corrected chi connectivity index (χ4v) is 3.49. The van der Waals surface area contributed by atoms with Crippen LogP contribution in [0, 0.1) is 13.8 Å². The van der Waals surface area contributed by atoms with E-state index in [1.54, 1.807) is 17.4 Å². The van der Waals surface area contributed by atoms with Crippen LogP contribution >= 0.6 is 11.3 Å². The molecule has 152 valence electrons. The number of esters is 1. The molecule has 0 aliphatic heterocycles. The number of thiophene rings is 1. The molecule has 0 aliphatic carbocycles. The lowest BCUT2D eigenvalue weighted by atomic mass is 10.1. The van der Waals surface area contributed by atoms with Gasteiger partial charge in [0.15, 0.2) is 0 Å². The van der Waals surface area contributed by atoms with Gasteiger partial charge in [0, 0.05) is 11.3 Å². The molecule has 0 saturated carbocycles. The number of aryl methyl sites for hydroxylation is 2. The lowest BCUT2D eigenvalue weighted by molar-refractivity contribution is -0.139. The number of amides is 1. The summed E-state index contributed by atoms with van der Waals surface area (Å²) in [5.41, 5.74) is 13.7. The number of rotatable bonds is 10. The molecule has 1 aromatic carbocycles. The molecule has 7 heteroatoms. The van der Waals surface area contributed by atoms with Crippen LogP contribution in [-0.2, 0) is 16.0 Å². The molecule has 6 nitrogen and oxygen atoms in total. The zero-order valence-electron chi connectivity index (χ0n) is 16.4. The van der Waals surface area contributed by atoms with Gasteiger partial charge in [0.2, 0.25) is 5.91 Å². The first kappa shape index (κ1) is 22.1. The molecule has 28 heavy (non-hydrogen) atoms. The van der Waals surface area contributed by atoms with Gasteiger partial charge < -0.3 is 21.5 Å². The Morgan fingerprint density at radius 1 is 1.18 bits per heavy atom. The number of hydrogen-bond acceptors (Lipinski definition) is 6. The van der Waals surface area contributed by atoms with E-state index >= 15 is 0 Å². The second-order valence-electron chi connectivity index (χ2n) is 6.90. The number of nitrogens with one attached hydrogen (secondary N) is 1. The van der Waals surface area contributed by atoms with Gasteiger partial charge in [-0.05, 0) is 74.4 Å². The van der Waals surface area contributed by atoms with Crippen LogP contribution in [0.1, 0.15) is 35.3 Å². The summed E-state index contributed by atoms with van der Waals surface area (Å²) < 4.78 is 5.51. The molecule has 0 unspecified atom stereocenters. The van der Waals surface area contributed by atoms with Crippen molar-refractivity contribution in [3.05, 3.63) is 51.7 Å². The van der Waals surface area contributed by atoms with E-state index in [-0.39, 0.29) is 5.91 Å². The van der Waals surface area contributed by atoms with Crippen LogP contribution in [0.5, 0.6) is 5.75 Å². The number of nitrogens with two attached hydrogens (primary N) is 2. The van der Waals surface area contributed by atoms with Crippen LogP contribution in [0.25, 0.3) is 0 Å². The monoisotopic (exact) mass is 403 g/mol. The maximum absolute atomic E-state index is 12.7. The number of benzene rings is 1. The zero-order valence-corrected chi connectivity index (χ0v) is 17.3. The molecule has 1 aromatic heterocycles. The third-order valence-corrected chi connectivity index (χ3v) is 5.48. The quantitative estimate of drug-likeness (QED) is 0.321. The van der Waals surface area contributed by atoms with Crippen LogP contribution in [0.3, 0.4) is 0 Å². The molecule has 5 N–H and O–H groups in total. The smallest absolute Gasteiger partial charge is 0.334 e. The Balaban J connectivity index is 2.01. The highest BCUT2D eigenvalue weighted by atomic mass is 32.1. The van der Waals surface area contributed by atoms with Gasteiger partial charge in [-0.3, -0.25) is 4.79 Å². The van der Waals surface area contributed by atoms with E-state index in [9.17, 15) is 9.59 Å². The maximum atomic E-state index is 12.7. The minimum absolute atomic E-state index is 0.358. The van der Waals surface area contributed by atoms with Crippen LogP contribution in [0.4, 0.5) is 0 Å². The number of ether oxygens (including phenoxy) is 1. The molecule has 1 amide bonds. The first-order valence-electron chi connectivity index (χ1n) is 9.48. The summed E-state index contributed by atoms with van der Waals surface area (Å²) >= 11 is 1.55. The molecule has 2 rings (SSSR count). The van der Waals surface area contributed by atoms with Crippen LogP contribution < -0.4 is 21.5 Å². The van der Waals surface area contributed by atoms with Crippen molar-refractivity contribution in [3.63, 3.8) is 0 Å². The van der Waals surface area contributed by atoms with Crippen molar-refractivity contribution in [2.75, 3.05) is 6.54 Å². The SMILES string of the molecule is Cc1ccc(OC(=O)[C@H](CCCCN)NC(=O)[C@@H](N)Cc2cccs2)cc1C. The Hall–Kier alpha value is -2.22. The molecule has 2 aromatic rings. The van der Waals surface area contributed by atoms with Crippen molar-refractivity contribution in [1.82, 2.24) is 5.32 Å². The molecule has 0 saturated heterocycles. The second kappa shape index (κ2) is 10.9. The first-order valence-corrected chi connectivity index (χ1v) is 10.4. The van der Waals surface area contributed by atoms with Crippen LogP contribution in [-0.4, -0.2) is 30.5 Å². The largest absolute Gasteiger partial charge is 0.425 e. The van der Waals surface area contributed by atoms with Crippen molar-refractivity contribution < 1.29 is 14.3 Å². The fourth-order valence-electron chi connectivity index (χ4n) is 2.72. The molecule has 0 spiro atoms. The van der Waals surface area contributed by atoms with Crippen molar-refractivity contribution in [1.29, 1.82) is 0 Å². The topological polar surface area (TPSA) is 107 Å². The zero-order chi connectivity index (χ0) is 20.5. The van der Waals surface area contributed by atoms with Gasteiger partial charge in [0.05, 0.1) is 6.04 Å². The summed E-state index contributed by atoms with van der Waals surface area (Å²) in [6, 6.07) is 7.85. The molecule has 0 aliphatic rings. The minimum atomic E-state index is -0.755. The Kier molecular flexibility index (Phi) is 8.63. The molecular formula is C21H29N3O3S. The highest BCUT2D eigenvalue weighted by molar-refractivity contribution is 7.09. The van der Waals surface area contributed by atoms with Crippen molar-refractivity contribution in [3.8, 4) is 5.75 Å². The normalized spacial score (nSPS) is 13.0. The van der Waals surface area contributed by atoms with E-state index in [2.05, 4.69) is 5.32 Å². The number of unbranched alkanes of at least 4 members (excludes halogenated alkanes) is 1. The number of carbonyl (C=O) groups is 2. The van der Waals surface area contributed by atoms with Gasteiger partial charge in [0.25, 0.3) is 0 Å². The molecule has 1 heterocycles. The van der Waals surface area contributed by atoms with Crippen molar-refractivity contribution in [2.45, 2.75) is 51.6 Å². The molecular weight excluding hydrogens is 374 g/mol. The van der Waals surface area contributed by atoms with E-state index in [1.165, 1.54) is 0 Å². The van der Waals surface area contributed by atoms with E-state index < -0.39 is 18.1 Å². The van der Waals surface area contributed by atoms with Crippen LogP contribution in [0.2, 0.25) is 0 Å². The van der Waals surface area contributed by atoms with Gasteiger partial charge in [0.1, 0.15) is 11.8 Å². The average Bonchev–Trinajstić information content (AvgIpc) is 3.16.